The number of carbonyl (C=O) groups excluding carboxylic acids is 4. The van der Waals surface area contributed by atoms with Gasteiger partial charge in [0.2, 0.25) is 0 Å². The van der Waals surface area contributed by atoms with Crippen molar-refractivity contribution in [3.8, 4) is 0 Å². The number of hydrogen-bond donors (Lipinski definition) is 2. The topological polar surface area (TPSA) is 155 Å². The standard InChI is InChI=1S/2C10H18O3.2C4H10O.Ti/c2*1-3-4-5-6-7-9(8(2)11)10(12)13;2*1-2-3-4-5;/h2*9H,3-7H2,1-2H3,(H,12,13);2*5H,2-4H2,1H3;/q;;;;+2/p-2. The van der Waals surface area contributed by atoms with Crippen LogP contribution in [0.5, 0.6) is 0 Å². The van der Waals surface area contributed by atoms with Crippen LogP contribution in [0.25, 0.3) is 0 Å². The van der Waals surface area contributed by atoms with Crippen molar-refractivity contribution in [3.63, 3.8) is 0 Å². The summed E-state index contributed by atoms with van der Waals surface area (Å²) in [6.07, 6.45) is 12.9. The van der Waals surface area contributed by atoms with E-state index in [9.17, 15) is 29.4 Å². The number of carboxylic acid groups (broad SMARTS) is 2. The summed E-state index contributed by atoms with van der Waals surface area (Å²) in [5.41, 5.74) is 0. The first-order chi connectivity index (χ1) is 17.0. The monoisotopic (exact) mass is 566 g/mol. The van der Waals surface area contributed by atoms with Crippen LogP contribution in [-0.4, -0.2) is 46.9 Å². The Labute approximate surface area is 240 Å². The third-order valence-electron chi connectivity index (χ3n) is 5.27. The third-order valence-corrected chi connectivity index (χ3v) is 5.27. The molecule has 218 valence electrons. The maximum atomic E-state index is 10.8. The Balaban J connectivity index is -0.000000133. The van der Waals surface area contributed by atoms with Gasteiger partial charge in [-0.05, 0) is 39.5 Å². The molecule has 0 rings (SSSR count). The minimum atomic E-state index is -1.23. The van der Waals surface area contributed by atoms with Crippen LogP contribution < -0.4 is 10.2 Å². The molecule has 0 spiro atoms. The van der Waals surface area contributed by atoms with E-state index in [0.717, 1.165) is 77.0 Å². The van der Waals surface area contributed by atoms with Crippen LogP contribution in [0.15, 0.2) is 0 Å². The summed E-state index contributed by atoms with van der Waals surface area (Å²) in [4.78, 5) is 42.6. The number of aliphatic hydroxyl groups excluding tert-OH is 2. The fraction of sp³-hybridized carbons (Fsp3) is 0.857. The molecule has 0 amide bonds. The largest absolute Gasteiger partial charge is 2.00 e. The molecule has 0 aromatic carbocycles. The van der Waals surface area contributed by atoms with Gasteiger partial charge < -0.3 is 30.0 Å². The number of unbranched alkanes of at least 4 members (excludes halogenated alkanes) is 8. The summed E-state index contributed by atoms with van der Waals surface area (Å²) in [5, 5.41) is 37.1. The Morgan fingerprint density at radius 1 is 0.541 bits per heavy atom. The van der Waals surface area contributed by atoms with E-state index in [1.165, 1.54) is 13.8 Å². The maximum Gasteiger partial charge on any atom is 2.00 e. The Hall–Kier alpha value is -1.09. The Morgan fingerprint density at radius 3 is 0.946 bits per heavy atom. The molecule has 2 atom stereocenters. The number of aliphatic carboxylic acids is 2. The molecule has 2 unspecified atom stereocenters. The molecule has 0 aliphatic rings. The molecular weight excluding hydrogens is 512 g/mol. The van der Waals surface area contributed by atoms with Crippen LogP contribution in [0.3, 0.4) is 0 Å². The van der Waals surface area contributed by atoms with E-state index >= 15 is 0 Å². The summed E-state index contributed by atoms with van der Waals surface area (Å²) < 4.78 is 0. The number of ketones is 2. The normalized spacial score (nSPS) is 11.0. The summed E-state index contributed by atoms with van der Waals surface area (Å²) in [6.45, 7) is 11.6. The van der Waals surface area contributed by atoms with Gasteiger partial charge in [0.15, 0.2) is 0 Å². The van der Waals surface area contributed by atoms with E-state index in [0.29, 0.717) is 26.1 Å². The van der Waals surface area contributed by atoms with Gasteiger partial charge in [-0.15, -0.1) is 0 Å². The molecule has 0 aromatic heterocycles. The number of Topliss-reactive ketones (excluding diaryl/α,β-unsaturated/α-hetero) is 2. The first kappa shape index (κ1) is 45.8. The number of hydrogen-bond acceptors (Lipinski definition) is 8. The van der Waals surface area contributed by atoms with Gasteiger partial charge in [-0.3, -0.25) is 9.59 Å². The fourth-order valence-electron chi connectivity index (χ4n) is 2.84. The van der Waals surface area contributed by atoms with Gasteiger partial charge in [0.25, 0.3) is 0 Å². The molecule has 2 N–H and O–H groups in total. The molecule has 0 aliphatic heterocycles. The van der Waals surface area contributed by atoms with Crippen molar-refractivity contribution in [3.05, 3.63) is 0 Å². The van der Waals surface area contributed by atoms with E-state index in [-0.39, 0.29) is 33.3 Å². The predicted molar refractivity (Wildman–Crippen MR) is 140 cm³/mol. The first-order valence-corrected chi connectivity index (χ1v) is 13.7. The second kappa shape index (κ2) is 37.1. The molecule has 0 bridgehead atoms. The zero-order chi connectivity index (χ0) is 28.8. The Bertz CT molecular complexity index is 448. The SMILES string of the molecule is CCCCCCC(C(C)=O)C(=O)[O-].CCCCCCC(C(C)=O)C(=O)[O-].CCCCO.CCCCO.[Ti+2]. The van der Waals surface area contributed by atoms with Crippen molar-refractivity contribution >= 4 is 23.5 Å². The van der Waals surface area contributed by atoms with Crippen LogP contribution in [-0.2, 0) is 40.9 Å². The molecule has 8 nitrogen and oxygen atoms in total. The molecule has 0 aliphatic carbocycles. The number of carbonyl (C=O) groups is 4. The molecule has 0 aromatic rings. The van der Waals surface area contributed by atoms with Crippen molar-refractivity contribution in [1.82, 2.24) is 0 Å². The van der Waals surface area contributed by atoms with Gasteiger partial charge in [0.1, 0.15) is 11.6 Å². The van der Waals surface area contributed by atoms with Crippen molar-refractivity contribution in [2.75, 3.05) is 13.2 Å². The fourth-order valence-corrected chi connectivity index (χ4v) is 2.84. The van der Waals surface area contributed by atoms with Gasteiger partial charge in [0, 0.05) is 13.2 Å². The third kappa shape index (κ3) is 39.6. The van der Waals surface area contributed by atoms with Crippen molar-refractivity contribution in [2.45, 2.75) is 131 Å². The van der Waals surface area contributed by atoms with E-state index in [4.69, 9.17) is 10.2 Å². The predicted octanol–water partition coefficient (Wildman–Crippen LogP) is 3.38. The number of rotatable bonds is 18. The van der Waals surface area contributed by atoms with Gasteiger partial charge in [-0.2, -0.15) is 0 Å². The minimum absolute atomic E-state index is 0. The molecule has 0 fully saturated rings. The van der Waals surface area contributed by atoms with E-state index in [1.807, 2.05) is 0 Å². The summed E-state index contributed by atoms with van der Waals surface area (Å²) in [5.74, 6) is -4.84. The van der Waals surface area contributed by atoms with Gasteiger partial charge in [0.05, 0.1) is 23.8 Å². The van der Waals surface area contributed by atoms with Crippen LogP contribution in [0, 0.1) is 11.8 Å². The van der Waals surface area contributed by atoms with E-state index in [1.54, 1.807) is 0 Å². The van der Waals surface area contributed by atoms with Gasteiger partial charge in [-0.25, -0.2) is 0 Å². The van der Waals surface area contributed by atoms with Crippen molar-refractivity contribution in [2.24, 2.45) is 11.8 Å². The summed E-state index contributed by atoms with van der Waals surface area (Å²) in [7, 11) is 0. The molecule has 0 heterocycles. The number of aliphatic hydroxyl groups is 2. The van der Waals surface area contributed by atoms with Gasteiger partial charge in [-0.1, -0.05) is 91.9 Å². The van der Waals surface area contributed by atoms with Crippen molar-refractivity contribution < 1.29 is 61.3 Å². The average molecular weight is 567 g/mol. The molecule has 9 heteroatoms. The molecule has 0 saturated heterocycles. The minimum Gasteiger partial charge on any atom is -0.549 e. The van der Waals surface area contributed by atoms with E-state index < -0.39 is 23.8 Å². The molecular formula is C28H54O8Ti. The molecule has 0 radical (unpaired) electrons. The number of carboxylic acids is 2. The summed E-state index contributed by atoms with van der Waals surface area (Å²) in [6, 6.07) is 0. The van der Waals surface area contributed by atoms with Crippen LogP contribution in [0.1, 0.15) is 131 Å². The smallest absolute Gasteiger partial charge is 0.549 e. The quantitative estimate of drug-likeness (QED) is 0.145. The second-order valence-corrected chi connectivity index (χ2v) is 8.82. The Kier molecular flexibility index (Phi) is 45.9. The van der Waals surface area contributed by atoms with Crippen molar-refractivity contribution in [1.29, 1.82) is 0 Å². The molecule has 0 saturated carbocycles. The Morgan fingerprint density at radius 2 is 0.811 bits per heavy atom. The summed E-state index contributed by atoms with van der Waals surface area (Å²) >= 11 is 0. The van der Waals surface area contributed by atoms with Crippen LogP contribution >= 0.6 is 0 Å². The van der Waals surface area contributed by atoms with Crippen LogP contribution in [0.4, 0.5) is 0 Å². The van der Waals surface area contributed by atoms with E-state index in [2.05, 4.69) is 27.7 Å². The average Bonchev–Trinajstić information content (AvgIpc) is 2.80. The zero-order valence-corrected chi connectivity index (χ0v) is 25.9. The second-order valence-electron chi connectivity index (χ2n) is 8.82. The molecule has 37 heavy (non-hydrogen) atoms. The zero-order valence-electron chi connectivity index (χ0n) is 24.3. The first-order valence-electron chi connectivity index (χ1n) is 13.7. The van der Waals surface area contributed by atoms with Crippen LogP contribution in [0.2, 0.25) is 0 Å². The van der Waals surface area contributed by atoms with Gasteiger partial charge >= 0.3 is 21.7 Å². The maximum absolute atomic E-state index is 10.8.